The lowest BCUT2D eigenvalue weighted by Gasteiger charge is -2.13. The average molecular weight is 356 g/mol. The monoisotopic (exact) mass is 356 g/mol. The summed E-state index contributed by atoms with van der Waals surface area (Å²) in [5.41, 5.74) is -4.97. The molecule has 0 aliphatic rings. The Morgan fingerprint density at radius 3 is 1.96 bits per heavy atom. The minimum Gasteiger partial charge on any atom is -0.504 e. The lowest BCUT2D eigenvalue weighted by molar-refractivity contribution is -0.140. The Kier molecular flexibility index (Phi) is 4.25. The van der Waals surface area contributed by atoms with Gasteiger partial charge in [-0.2, -0.15) is 17.6 Å². The van der Waals surface area contributed by atoms with E-state index in [1.165, 1.54) is 0 Å². The number of phenols is 1. The van der Waals surface area contributed by atoms with Gasteiger partial charge >= 0.3 is 6.18 Å². The average Bonchev–Trinajstić information content (AvgIpc) is 2.49. The third kappa shape index (κ3) is 2.79. The molecule has 1 N–H and O–H groups in total. The molecule has 24 heavy (non-hydrogen) atoms. The number of carbonyl (C=O) groups is 1. The van der Waals surface area contributed by atoms with Crippen LogP contribution in [0.5, 0.6) is 5.75 Å². The lowest BCUT2D eigenvalue weighted by Crippen LogP contribution is -2.14. The summed E-state index contributed by atoms with van der Waals surface area (Å²) in [5.74, 6) is -14.3. The van der Waals surface area contributed by atoms with Gasteiger partial charge in [0.15, 0.2) is 34.8 Å². The van der Waals surface area contributed by atoms with E-state index in [1.807, 2.05) is 0 Å². The maximum Gasteiger partial charge on any atom is 0.419 e. The van der Waals surface area contributed by atoms with Gasteiger partial charge in [-0.15, -0.1) is 0 Å². The van der Waals surface area contributed by atoms with Crippen LogP contribution >= 0.6 is 0 Å². The van der Waals surface area contributed by atoms with Crippen LogP contribution in [0.2, 0.25) is 0 Å². The fourth-order valence-electron chi connectivity index (χ4n) is 1.84. The lowest BCUT2D eigenvalue weighted by atomic mass is 9.98. The first-order chi connectivity index (χ1) is 11.0. The molecule has 0 aliphatic heterocycles. The Hall–Kier alpha value is -2.65. The second-order valence-electron chi connectivity index (χ2n) is 4.50. The minimum absolute atomic E-state index is 0.253. The van der Waals surface area contributed by atoms with E-state index >= 15 is 0 Å². The molecule has 0 fully saturated rings. The standard InChI is InChI=1S/C14H4F8O2/c15-7-2-1-4(8(16)10(7)18)12(23)5-3-6(14(20,21)22)9(17)11(19)13(5)24/h1-3,24H. The third-order valence-electron chi connectivity index (χ3n) is 3.01. The Morgan fingerprint density at radius 1 is 0.833 bits per heavy atom. The molecule has 2 nitrogen and oxygen atoms in total. The first kappa shape index (κ1) is 17.7. The van der Waals surface area contributed by atoms with Crippen molar-refractivity contribution in [3.05, 3.63) is 64.0 Å². The van der Waals surface area contributed by atoms with Gasteiger partial charge in [0.2, 0.25) is 5.82 Å². The number of hydrogen-bond acceptors (Lipinski definition) is 2. The van der Waals surface area contributed by atoms with Crippen LogP contribution in [-0.2, 0) is 6.18 Å². The zero-order valence-electron chi connectivity index (χ0n) is 11.1. The summed E-state index contributed by atoms with van der Waals surface area (Å²) in [4.78, 5) is 11.9. The summed E-state index contributed by atoms with van der Waals surface area (Å²) in [6, 6.07) is 0.425. The number of phenolic OH excluding ortho intramolecular Hbond substituents is 1. The van der Waals surface area contributed by atoms with Crippen LogP contribution in [0.15, 0.2) is 18.2 Å². The van der Waals surface area contributed by atoms with E-state index in [0.29, 0.717) is 12.1 Å². The Bertz CT molecular complexity index is 842. The summed E-state index contributed by atoms with van der Waals surface area (Å²) in [5, 5.41) is 9.32. The van der Waals surface area contributed by atoms with Crippen molar-refractivity contribution in [2.24, 2.45) is 0 Å². The van der Waals surface area contributed by atoms with Crippen LogP contribution in [0.25, 0.3) is 0 Å². The summed E-state index contributed by atoms with van der Waals surface area (Å²) in [6.45, 7) is 0. The molecule has 0 aliphatic carbocycles. The van der Waals surface area contributed by atoms with Crippen molar-refractivity contribution in [1.82, 2.24) is 0 Å². The Balaban J connectivity index is 2.71. The van der Waals surface area contributed by atoms with Crippen molar-refractivity contribution in [2.45, 2.75) is 6.18 Å². The van der Waals surface area contributed by atoms with Crippen LogP contribution in [0.1, 0.15) is 21.5 Å². The van der Waals surface area contributed by atoms with Gasteiger partial charge in [0, 0.05) is 0 Å². The third-order valence-corrected chi connectivity index (χ3v) is 3.01. The normalized spacial score (nSPS) is 11.7. The minimum atomic E-state index is -5.43. The van der Waals surface area contributed by atoms with Gasteiger partial charge in [0.05, 0.1) is 16.7 Å². The van der Waals surface area contributed by atoms with Crippen molar-refractivity contribution >= 4 is 5.78 Å². The van der Waals surface area contributed by atoms with Gasteiger partial charge < -0.3 is 5.11 Å². The van der Waals surface area contributed by atoms with Gasteiger partial charge in [-0.05, 0) is 18.2 Å². The van der Waals surface area contributed by atoms with Gasteiger partial charge in [-0.3, -0.25) is 4.79 Å². The predicted molar refractivity (Wildman–Crippen MR) is 62.8 cm³/mol. The topological polar surface area (TPSA) is 37.3 Å². The SMILES string of the molecule is O=C(c1cc(C(F)(F)F)c(F)c(F)c1O)c1ccc(F)c(F)c1F. The number of alkyl halides is 3. The van der Waals surface area contributed by atoms with Crippen LogP contribution in [0.3, 0.4) is 0 Å². The van der Waals surface area contributed by atoms with E-state index < -0.39 is 63.5 Å². The molecular formula is C14H4F8O2. The highest BCUT2D eigenvalue weighted by molar-refractivity contribution is 6.11. The van der Waals surface area contributed by atoms with Gasteiger partial charge in [-0.25, -0.2) is 17.6 Å². The predicted octanol–water partition coefficient (Wildman–Crippen LogP) is 4.34. The number of carbonyl (C=O) groups excluding carboxylic acids is 1. The maximum atomic E-state index is 13.5. The largest absolute Gasteiger partial charge is 0.504 e. The number of rotatable bonds is 2. The number of ketones is 1. The van der Waals surface area contributed by atoms with Crippen molar-refractivity contribution in [3.63, 3.8) is 0 Å². The van der Waals surface area contributed by atoms with Gasteiger partial charge in [-0.1, -0.05) is 0 Å². The molecule has 0 aromatic heterocycles. The number of hydrogen-bond donors (Lipinski definition) is 1. The van der Waals surface area contributed by atoms with E-state index in [0.717, 1.165) is 0 Å². The number of aromatic hydroxyl groups is 1. The Labute approximate surface area is 127 Å². The summed E-state index contributed by atoms with van der Waals surface area (Å²) in [6.07, 6.45) is -5.43. The zero-order valence-corrected chi connectivity index (χ0v) is 11.1. The molecule has 0 unspecified atom stereocenters. The van der Waals surface area contributed by atoms with Crippen molar-refractivity contribution in [3.8, 4) is 5.75 Å². The van der Waals surface area contributed by atoms with Crippen LogP contribution < -0.4 is 0 Å². The van der Waals surface area contributed by atoms with Crippen molar-refractivity contribution < 1.29 is 45.0 Å². The summed E-state index contributed by atoms with van der Waals surface area (Å²) in [7, 11) is 0. The molecule has 0 radical (unpaired) electrons. The molecule has 0 amide bonds. The van der Waals surface area contributed by atoms with E-state index in [-0.39, 0.29) is 6.07 Å². The zero-order chi connectivity index (χ0) is 18.4. The molecule has 0 saturated carbocycles. The summed E-state index contributed by atoms with van der Waals surface area (Å²) < 4.78 is 104. The van der Waals surface area contributed by atoms with Gasteiger partial charge in [0.25, 0.3) is 0 Å². The highest BCUT2D eigenvalue weighted by Crippen LogP contribution is 2.37. The second kappa shape index (κ2) is 5.77. The van der Waals surface area contributed by atoms with E-state index in [9.17, 15) is 45.0 Å². The summed E-state index contributed by atoms with van der Waals surface area (Å²) >= 11 is 0. The van der Waals surface area contributed by atoms with Crippen molar-refractivity contribution in [2.75, 3.05) is 0 Å². The van der Waals surface area contributed by atoms with E-state index in [4.69, 9.17) is 0 Å². The molecule has 2 aromatic carbocycles. The smallest absolute Gasteiger partial charge is 0.419 e. The first-order valence-electron chi connectivity index (χ1n) is 5.93. The molecular weight excluding hydrogens is 352 g/mol. The fraction of sp³-hybridized carbons (Fsp3) is 0.0714. The molecule has 10 heteroatoms. The molecule has 0 bridgehead atoms. The quantitative estimate of drug-likeness (QED) is 0.494. The van der Waals surface area contributed by atoms with Crippen LogP contribution in [-0.4, -0.2) is 10.9 Å². The second-order valence-corrected chi connectivity index (χ2v) is 4.50. The molecule has 0 heterocycles. The highest BCUT2D eigenvalue weighted by atomic mass is 19.4. The maximum absolute atomic E-state index is 13.5. The first-order valence-corrected chi connectivity index (χ1v) is 5.93. The van der Waals surface area contributed by atoms with E-state index in [2.05, 4.69) is 0 Å². The molecule has 0 saturated heterocycles. The van der Waals surface area contributed by atoms with E-state index in [1.54, 1.807) is 0 Å². The Morgan fingerprint density at radius 2 is 1.42 bits per heavy atom. The van der Waals surface area contributed by atoms with Crippen molar-refractivity contribution in [1.29, 1.82) is 0 Å². The van der Waals surface area contributed by atoms with Gasteiger partial charge in [0.1, 0.15) is 0 Å². The number of halogens is 8. The van der Waals surface area contributed by atoms with Crippen LogP contribution in [0.4, 0.5) is 35.1 Å². The molecule has 0 spiro atoms. The van der Waals surface area contributed by atoms with Crippen LogP contribution in [0, 0.1) is 29.1 Å². The molecule has 0 atom stereocenters. The molecule has 2 rings (SSSR count). The highest BCUT2D eigenvalue weighted by Gasteiger charge is 2.38. The fourth-order valence-corrected chi connectivity index (χ4v) is 1.84. The number of benzene rings is 2. The molecule has 128 valence electrons. The molecule has 2 aromatic rings.